The van der Waals surface area contributed by atoms with Crippen molar-refractivity contribution in [1.82, 2.24) is 10.2 Å². The Labute approximate surface area is 111 Å². The number of halogens is 3. The fourth-order valence-corrected chi connectivity index (χ4v) is 2.51. The van der Waals surface area contributed by atoms with Gasteiger partial charge in [0.1, 0.15) is 0 Å². The van der Waals surface area contributed by atoms with Gasteiger partial charge < -0.3 is 10.2 Å². The van der Waals surface area contributed by atoms with Crippen molar-refractivity contribution >= 4 is 0 Å². The van der Waals surface area contributed by atoms with Gasteiger partial charge in [0.25, 0.3) is 0 Å². The van der Waals surface area contributed by atoms with Crippen LogP contribution in [0.2, 0.25) is 0 Å². The van der Waals surface area contributed by atoms with Gasteiger partial charge in [-0.3, -0.25) is 0 Å². The van der Waals surface area contributed by atoms with Crippen LogP contribution in [0.1, 0.15) is 24.0 Å². The Kier molecular flexibility index (Phi) is 4.47. The first-order chi connectivity index (χ1) is 8.95. The van der Waals surface area contributed by atoms with Crippen LogP contribution in [0.5, 0.6) is 0 Å². The highest BCUT2D eigenvalue weighted by molar-refractivity contribution is 5.25. The number of alkyl halides is 3. The van der Waals surface area contributed by atoms with Gasteiger partial charge >= 0.3 is 6.18 Å². The van der Waals surface area contributed by atoms with Crippen LogP contribution >= 0.6 is 0 Å². The minimum Gasteiger partial charge on any atom is -0.313 e. The smallest absolute Gasteiger partial charge is 0.313 e. The second-order valence-electron chi connectivity index (χ2n) is 5.19. The van der Waals surface area contributed by atoms with Crippen molar-refractivity contribution in [2.75, 3.05) is 20.1 Å². The Morgan fingerprint density at radius 3 is 2.79 bits per heavy atom. The van der Waals surface area contributed by atoms with E-state index in [2.05, 4.69) is 10.2 Å². The first kappa shape index (κ1) is 14.3. The molecule has 0 radical (unpaired) electrons. The van der Waals surface area contributed by atoms with Crippen LogP contribution in [0, 0.1) is 0 Å². The molecule has 0 aliphatic carbocycles. The van der Waals surface area contributed by atoms with E-state index >= 15 is 0 Å². The Morgan fingerprint density at radius 1 is 1.37 bits per heavy atom. The summed E-state index contributed by atoms with van der Waals surface area (Å²) in [5.41, 5.74) is 0.132. The molecule has 0 aromatic heterocycles. The van der Waals surface area contributed by atoms with Gasteiger partial charge in [-0.15, -0.1) is 0 Å². The summed E-state index contributed by atoms with van der Waals surface area (Å²) < 4.78 is 37.8. The topological polar surface area (TPSA) is 15.3 Å². The predicted molar refractivity (Wildman–Crippen MR) is 68.8 cm³/mol. The molecule has 2 nitrogen and oxygen atoms in total. The van der Waals surface area contributed by atoms with E-state index in [1.165, 1.54) is 18.6 Å². The SMILES string of the molecule is CN(Cc1cccc(C(F)(F)F)c1)CC1CCCN1. The van der Waals surface area contributed by atoms with E-state index < -0.39 is 11.7 Å². The average molecular weight is 272 g/mol. The molecule has 1 unspecified atom stereocenters. The van der Waals surface area contributed by atoms with Crippen molar-refractivity contribution in [3.05, 3.63) is 35.4 Å². The number of hydrogen-bond acceptors (Lipinski definition) is 2. The van der Waals surface area contributed by atoms with Gasteiger partial charge in [-0.1, -0.05) is 18.2 Å². The number of benzene rings is 1. The van der Waals surface area contributed by atoms with Gasteiger partial charge in [0.2, 0.25) is 0 Å². The zero-order chi connectivity index (χ0) is 13.9. The van der Waals surface area contributed by atoms with Crippen LogP contribution in [0.4, 0.5) is 13.2 Å². The monoisotopic (exact) mass is 272 g/mol. The van der Waals surface area contributed by atoms with E-state index in [1.54, 1.807) is 6.07 Å². The van der Waals surface area contributed by atoms with Gasteiger partial charge in [0.05, 0.1) is 5.56 Å². The third kappa shape index (κ3) is 4.21. The zero-order valence-electron chi connectivity index (χ0n) is 11.0. The van der Waals surface area contributed by atoms with Crippen LogP contribution < -0.4 is 5.32 Å². The first-order valence-electron chi connectivity index (χ1n) is 6.53. The Morgan fingerprint density at radius 2 is 2.16 bits per heavy atom. The Hall–Kier alpha value is -1.07. The number of hydrogen-bond donors (Lipinski definition) is 1. The maximum atomic E-state index is 12.6. The third-order valence-corrected chi connectivity index (χ3v) is 3.40. The molecule has 106 valence electrons. The summed E-state index contributed by atoms with van der Waals surface area (Å²) in [6, 6.07) is 6.03. The molecule has 1 aromatic rings. The van der Waals surface area contributed by atoms with Gasteiger partial charge in [-0.2, -0.15) is 13.2 Å². The molecule has 5 heteroatoms. The summed E-state index contributed by atoms with van der Waals surface area (Å²) in [5, 5.41) is 3.39. The molecule has 1 heterocycles. The summed E-state index contributed by atoms with van der Waals surface area (Å²) >= 11 is 0. The molecule has 1 saturated heterocycles. The standard InChI is InChI=1S/C14H19F3N2/c1-19(10-13-6-3-7-18-13)9-11-4-2-5-12(8-11)14(15,16)17/h2,4-5,8,13,18H,3,6-7,9-10H2,1H3. The molecule has 1 aliphatic rings. The minimum atomic E-state index is -4.26. The second kappa shape index (κ2) is 5.92. The van der Waals surface area contributed by atoms with Crippen LogP contribution in [0.15, 0.2) is 24.3 Å². The molecule has 1 atom stereocenters. The first-order valence-corrected chi connectivity index (χ1v) is 6.53. The molecule has 0 amide bonds. The van der Waals surface area contributed by atoms with E-state index in [-0.39, 0.29) is 0 Å². The van der Waals surface area contributed by atoms with E-state index in [4.69, 9.17) is 0 Å². The molecular weight excluding hydrogens is 253 g/mol. The van der Waals surface area contributed by atoms with Crippen LogP contribution in [-0.2, 0) is 12.7 Å². The molecule has 0 bridgehead atoms. The van der Waals surface area contributed by atoms with Crippen LogP contribution in [-0.4, -0.2) is 31.1 Å². The van der Waals surface area contributed by atoms with Crippen molar-refractivity contribution in [1.29, 1.82) is 0 Å². The quantitative estimate of drug-likeness (QED) is 0.906. The normalized spacial score (nSPS) is 20.2. The largest absolute Gasteiger partial charge is 0.416 e. The number of likely N-dealkylation sites (N-methyl/N-ethyl adjacent to an activating group) is 1. The van der Waals surface area contributed by atoms with Crippen molar-refractivity contribution in [2.24, 2.45) is 0 Å². The van der Waals surface area contributed by atoms with E-state index in [0.29, 0.717) is 18.2 Å². The van der Waals surface area contributed by atoms with Crippen molar-refractivity contribution in [3.63, 3.8) is 0 Å². The molecule has 0 spiro atoms. The van der Waals surface area contributed by atoms with E-state index in [1.807, 2.05) is 7.05 Å². The van der Waals surface area contributed by atoms with E-state index in [9.17, 15) is 13.2 Å². The molecule has 1 N–H and O–H groups in total. The lowest BCUT2D eigenvalue weighted by Crippen LogP contribution is -2.34. The summed E-state index contributed by atoms with van der Waals surface area (Å²) in [7, 11) is 1.94. The Balaban J connectivity index is 1.94. The predicted octanol–water partition coefficient (Wildman–Crippen LogP) is 2.89. The van der Waals surface area contributed by atoms with Crippen molar-refractivity contribution in [3.8, 4) is 0 Å². The summed E-state index contributed by atoms with van der Waals surface area (Å²) in [5.74, 6) is 0. The highest BCUT2D eigenvalue weighted by Crippen LogP contribution is 2.29. The van der Waals surface area contributed by atoms with Crippen LogP contribution in [0.25, 0.3) is 0 Å². The number of rotatable bonds is 4. The molecular formula is C14H19F3N2. The lowest BCUT2D eigenvalue weighted by molar-refractivity contribution is -0.137. The lowest BCUT2D eigenvalue weighted by Gasteiger charge is -2.21. The molecule has 19 heavy (non-hydrogen) atoms. The molecule has 1 aromatic carbocycles. The van der Waals surface area contributed by atoms with Gasteiger partial charge in [-0.25, -0.2) is 0 Å². The zero-order valence-corrected chi connectivity index (χ0v) is 11.0. The van der Waals surface area contributed by atoms with Crippen molar-refractivity contribution < 1.29 is 13.2 Å². The Bertz CT molecular complexity index is 411. The van der Waals surface area contributed by atoms with Gasteiger partial charge in [0.15, 0.2) is 0 Å². The van der Waals surface area contributed by atoms with Gasteiger partial charge in [0, 0.05) is 19.1 Å². The number of nitrogens with one attached hydrogen (secondary N) is 1. The van der Waals surface area contributed by atoms with E-state index in [0.717, 1.165) is 25.6 Å². The summed E-state index contributed by atoms with van der Waals surface area (Å²) in [6.07, 6.45) is -1.93. The van der Waals surface area contributed by atoms with Crippen molar-refractivity contribution in [2.45, 2.75) is 31.6 Å². The maximum Gasteiger partial charge on any atom is 0.416 e. The molecule has 1 fully saturated rings. The average Bonchev–Trinajstić information content (AvgIpc) is 2.80. The molecule has 1 aliphatic heterocycles. The molecule has 2 rings (SSSR count). The van der Waals surface area contributed by atoms with Crippen LogP contribution in [0.3, 0.4) is 0 Å². The molecule has 0 saturated carbocycles. The third-order valence-electron chi connectivity index (χ3n) is 3.40. The summed E-state index contributed by atoms with van der Waals surface area (Å²) in [4.78, 5) is 2.07. The summed E-state index contributed by atoms with van der Waals surface area (Å²) in [6.45, 7) is 2.46. The fraction of sp³-hybridized carbons (Fsp3) is 0.571. The second-order valence-corrected chi connectivity index (χ2v) is 5.19. The lowest BCUT2D eigenvalue weighted by atomic mass is 10.1. The minimum absolute atomic E-state index is 0.468. The fourth-order valence-electron chi connectivity index (χ4n) is 2.51. The highest BCUT2D eigenvalue weighted by Gasteiger charge is 2.30. The number of nitrogens with zero attached hydrogens (tertiary/aromatic N) is 1. The highest BCUT2D eigenvalue weighted by atomic mass is 19.4. The maximum absolute atomic E-state index is 12.6. The van der Waals surface area contributed by atoms with Gasteiger partial charge in [-0.05, 0) is 38.1 Å².